The molecular formula is C16H18N4. The third kappa shape index (κ3) is 1.88. The van der Waals surface area contributed by atoms with Crippen LogP contribution in [0.1, 0.15) is 24.0 Å². The smallest absolute Gasteiger partial charge is 0.225 e. The van der Waals surface area contributed by atoms with E-state index in [2.05, 4.69) is 34.1 Å². The average Bonchev–Trinajstić information content (AvgIpc) is 2.85. The molecule has 1 fully saturated rings. The number of aromatic nitrogens is 2. The Hall–Kier alpha value is -1.94. The van der Waals surface area contributed by atoms with Crippen molar-refractivity contribution in [3.8, 4) is 11.3 Å². The number of nitrogens with two attached hydrogens (primary N) is 1. The topological polar surface area (TPSA) is 55.0 Å². The van der Waals surface area contributed by atoms with Gasteiger partial charge < -0.3 is 10.6 Å². The average molecular weight is 266 g/mol. The van der Waals surface area contributed by atoms with Crippen molar-refractivity contribution in [3.05, 3.63) is 41.6 Å². The van der Waals surface area contributed by atoms with Crippen LogP contribution in [-0.4, -0.2) is 29.1 Å². The molecule has 0 amide bonds. The second kappa shape index (κ2) is 4.56. The molecule has 0 radical (unpaired) electrons. The Morgan fingerprint density at radius 2 is 2.10 bits per heavy atom. The fourth-order valence-corrected chi connectivity index (χ4v) is 3.21. The number of fused-ring (bicyclic) bond motifs is 3. The van der Waals surface area contributed by atoms with Gasteiger partial charge in [-0.2, -0.15) is 0 Å². The Balaban J connectivity index is 1.72. The van der Waals surface area contributed by atoms with Gasteiger partial charge in [0.15, 0.2) is 0 Å². The van der Waals surface area contributed by atoms with Gasteiger partial charge in [0, 0.05) is 42.9 Å². The number of piperidine rings is 1. The number of hydrogen-bond donors (Lipinski definition) is 1. The van der Waals surface area contributed by atoms with Gasteiger partial charge in [-0.3, -0.25) is 0 Å². The Kier molecular flexibility index (Phi) is 2.70. The minimum Gasteiger partial charge on any atom is -0.339 e. The van der Waals surface area contributed by atoms with Gasteiger partial charge in [-0.15, -0.1) is 0 Å². The lowest BCUT2D eigenvalue weighted by Gasteiger charge is -2.30. The van der Waals surface area contributed by atoms with Crippen LogP contribution in [-0.2, 0) is 6.42 Å². The minimum absolute atomic E-state index is 0.243. The maximum atomic E-state index is 6.05. The predicted octanol–water partition coefficient (Wildman–Crippen LogP) is 1.98. The molecule has 0 spiro atoms. The number of benzene rings is 1. The lowest BCUT2D eigenvalue weighted by molar-refractivity contribution is 0.500. The van der Waals surface area contributed by atoms with E-state index in [9.17, 15) is 0 Å². The summed E-state index contributed by atoms with van der Waals surface area (Å²) >= 11 is 0. The first-order chi connectivity index (χ1) is 9.81. The SMILES string of the molecule is NC1CCCN(c2ncc3c(n2)-c2ccccc2C3)C1. The number of nitrogens with zero attached hydrogens (tertiary/aromatic N) is 3. The maximum Gasteiger partial charge on any atom is 0.225 e. The molecule has 0 saturated carbocycles. The zero-order chi connectivity index (χ0) is 13.5. The van der Waals surface area contributed by atoms with Crippen LogP contribution < -0.4 is 10.6 Å². The van der Waals surface area contributed by atoms with Gasteiger partial charge in [0.25, 0.3) is 0 Å². The highest BCUT2D eigenvalue weighted by atomic mass is 15.3. The summed E-state index contributed by atoms with van der Waals surface area (Å²) in [5.74, 6) is 0.829. The second-order valence-corrected chi connectivity index (χ2v) is 5.73. The summed E-state index contributed by atoms with van der Waals surface area (Å²) in [7, 11) is 0. The Morgan fingerprint density at radius 1 is 1.20 bits per heavy atom. The van der Waals surface area contributed by atoms with Crippen molar-refractivity contribution in [2.45, 2.75) is 25.3 Å². The molecule has 2 aromatic rings. The largest absolute Gasteiger partial charge is 0.339 e. The summed E-state index contributed by atoms with van der Waals surface area (Å²) in [5, 5.41) is 0. The number of hydrogen-bond acceptors (Lipinski definition) is 4. The summed E-state index contributed by atoms with van der Waals surface area (Å²) < 4.78 is 0. The molecule has 20 heavy (non-hydrogen) atoms. The quantitative estimate of drug-likeness (QED) is 0.731. The lowest BCUT2D eigenvalue weighted by Crippen LogP contribution is -2.43. The van der Waals surface area contributed by atoms with Gasteiger partial charge in [-0.1, -0.05) is 24.3 Å². The van der Waals surface area contributed by atoms with Crippen LogP contribution in [0.15, 0.2) is 30.5 Å². The first-order valence-electron chi connectivity index (χ1n) is 7.26. The molecule has 0 bridgehead atoms. The predicted molar refractivity (Wildman–Crippen MR) is 79.7 cm³/mol. The second-order valence-electron chi connectivity index (χ2n) is 5.73. The fraction of sp³-hybridized carbons (Fsp3) is 0.375. The van der Waals surface area contributed by atoms with E-state index in [-0.39, 0.29) is 6.04 Å². The summed E-state index contributed by atoms with van der Waals surface area (Å²) in [6.45, 7) is 1.87. The number of anilines is 1. The third-order valence-corrected chi connectivity index (χ3v) is 4.25. The molecule has 1 aromatic carbocycles. The normalized spacial score (nSPS) is 20.6. The monoisotopic (exact) mass is 266 g/mol. The summed E-state index contributed by atoms with van der Waals surface area (Å²) in [6, 6.07) is 8.73. The molecule has 102 valence electrons. The zero-order valence-corrected chi connectivity index (χ0v) is 11.4. The van der Waals surface area contributed by atoms with Crippen molar-refractivity contribution in [3.63, 3.8) is 0 Å². The molecule has 1 saturated heterocycles. The molecule has 2 heterocycles. The first kappa shape index (κ1) is 11.9. The van der Waals surface area contributed by atoms with Crippen LogP contribution in [0.3, 0.4) is 0 Å². The third-order valence-electron chi connectivity index (χ3n) is 4.25. The van der Waals surface area contributed by atoms with E-state index in [0.717, 1.165) is 44.0 Å². The maximum absolute atomic E-state index is 6.05. The van der Waals surface area contributed by atoms with Gasteiger partial charge in [0.2, 0.25) is 5.95 Å². The van der Waals surface area contributed by atoms with Crippen molar-refractivity contribution >= 4 is 5.95 Å². The molecular weight excluding hydrogens is 248 g/mol. The molecule has 1 aromatic heterocycles. The lowest BCUT2D eigenvalue weighted by atomic mass is 10.1. The summed E-state index contributed by atoms with van der Waals surface area (Å²) in [6.07, 6.45) is 5.16. The Bertz CT molecular complexity index is 653. The van der Waals surface area contributed by atoms with Gasteiger partial charge in [-0.25, -0.2) is 9.97 Å². The molecule has 2 aliphatic rings. The molecule has 4 heteroatoms. The molecule has 1 aliphatic heterocycles. The molecule has 1 atom stereocenters. The van der Waals surface area contributed by atoms with Crippen LogP contribution >= 0.6 is 0 Å². The van der Waals surface area contributed by atoms with E-state index in [1.807, 2.05) is 6.20 Å². The first-order valence-corrected chi connectivity index (χ1v) is 7.26. The van der Waals surface area contributed by atoms with Gasteiger partial charge >= 0.3 is 0 Å². The molecule has 1 aliphatic carbocycles. The summed E-state index contributed by atoms with van der Waals surface area (Å²) in [5.41, 5.74) is 11.0. The Morgan fingerprint density at radius 3 is 3.00 bits per heavy atom. The van der Waals surface area contributed by atoms with Crippen LogP contribution in [0.25, 0.3) is 11.3 Å². The van der Waals surface area contributed by atoms with Crippen LogP contribution in [0, 0.1) is 0 Å². The van der Waals surface area contributed by atoms with Gasteiger partial charge in [-0.05, 0) is 18.4 Å². The van der Waals surface area contributed by atoms with Crippen molar-refractivity contribution in [2.24, 2.45) is 5.73 Å². The van der Waals surface area contributed by atoms with E-state index in [4.69, 9.17) is 10.7 Å². The van der Waals surface area contributed by atoms with Crippen molar-refractivity contribution in [2.75, 3.05) is 18.0 Å². The van der Waals surface area contributed by atoms with Crippen molar-refractivity contribution in [1.82, 2.24) is 9.97 Å². The van der Waals surface area contributed by atoms with Crippen molar-refractivity contribution in [1.29, 1.82) is 0 Å². The number of rotatable bonds is 1. The minimum atomic E-state index is 0.243. The van der Waals surface area contributed by atoms with E-state index < -0.39 is 0 Å². The molecule has 4 rings (SSSR count). The van der Waals surface area contributed by atoms with E-state index in [1.165, 1.54) is 16.7 Å². The molecule has 2 N–H and O–H groups in total. The highest BCUT2D eigenvalue weighted by molar-refractivity contribution is 5.73. The van der Waals surface area contributed by atoms with Gasteiger partial charge in [0.05, 0.1) is 5.69 Å². The molecule has 1 unspecified atom stereocenters. The highest BCUT2D eigenvalue weighted by Crippen LogP contribution is 2.35. The van der Waals surface area contributed by atoms with E-state index >= 15 is 0 Å². The standard InChI is InChI=1S/C16H18N4/c17-13-5-3-7-20(10-13)16-18-9-12-8-11-4-1-2-6-14(11)15(12)19-16/h1-2,4,6,9,13H,3,5,7-8,10,17H2. The van der Waals surface area contributed by atoms with Crippen molar-refractivity contribution < 1.29 is 0 Å². The van der Waals surface area contributed by atoms with E-state index in [0.29, 0.717) is 0 Å². The zero-order valence-electron chi connectivity index (χ0n) is 11.4. The fourth-order valence-electron chi connectivity index (χ4n) is 3.21. The van der Waals surface area contributed by atoms with Crippen LogP contribution in [0.5, 0.6) is 0 Å². The van der Waals surface area contributed by atoms with Gasteiger partial charge in [0.1, 0.15) is 0 Å². The summed E-state index contributed by atoms with van der Waals surface area (Å²) in [4.78, 5) is 11.6. The highest BCUT2D eigenvalue weighted by Gasteiger charge is 2.23. The molecule has 4 nitrogen and oxygen atoms in total. The van der Waals surface area contributed by atoms with Crippen LogP contribution in [0.4, 0.5) is 5.95 Å². The van der Waals surface area contributed by atoms with E-state index in [1.54, 1.807) is 0 Å². The Labute approximate surface area is 118 Å². The van der Waals surface area contributed by atoms with Crippen LogP contribution in [0.2, 0.25) is 0 Å².